The molecule has 2 rings (SSSR count). The number of benzene rings is 2. The van der Waals surface area contributed by atoms with Crippen molar-refractivity contribution in [1.82, 2.24) is 0 Å². The van der Waals surface area contributed by atoms with Gasteiger partial charge in [-0.25, -0.2) is 9.59 Å². The molecule has 4 nitrogen and oxygen atoms in total. The molecule has 2 aromatic rings. The largest absolute Gasteiger partial charge is 0.462 e. The van der Waals surface area contributed by atoms with E-state index in [2.05, 4.69) is 0 Å². The highest BCUT2D eigenvalue weighted by Gasteiger charge is 2.08. The molecule has 0 atom stereocenters. The summed E-state index contributed by atoms with van der Waals surface area (Å²) in [5.74, 6) is -0.718. The molecule has 0 unspecified atom stereocenters. The second-order valence-electron chi connectivity index (χ2n) is 4.55. The van der Waals surface area contributed by atoms with Gasteiger partial charge in [0.25, 0.3) is 0 Å². The van der Waals surface area contributed by atoms with E-state index in [0.29, 0.717) is 10.6 Å². The first-order valence-electron chi connectivity index (χ1n) is 7.01. The molecular formula is C18H15ClO4. The van der Waals surface area contributed by atoms with Gasteiger partial charge >= 0.3 is 11.9 Å². The summed E-state index contributed by atoms with van der Waals surface area (Å²) in [7, 11) is 0. The van der Waals surface area contributed by atoms with Crippen LogP contribution in [0.15, 0.2) is 54.6 Å². The third-order valence-electron chi connectivity index (χ3n) is 2.85. The van der Waals surface area contributed by atoms with Gasteiger partial charge in [0.15, 0.2) is 0 Å². The number of hydrogen-bond acceptors (Lipinski definition) is 4. The van der Waals surface area contributed by atoms with Crippen LogP contribution in [0.5, 0.6) is 5.75 Å². The fourth-order valence-electron chi connectivity index (χ4n) is 1.79. The van der Waals surface area contributed by atoms with Gasteiger partial charge in [-0.2, -0.15) is 0 Å². The zero-order chi connectivity index (χ0) is 16.7. The second kappa shape index (κ2) is 8.15. The molecule has 5 heteroatoms. The summed E-state index contributed by atoms with van der Waals surface area (Å²) in [6, 6.07) is 13.3. The number of esters is 2. The minimum Gasteiger partial charge on any atom is -0.462 e. The molecule has 23 heavy (non-hydrogen) atoms. The van der Waals surface area contributed by atoms with E-state index in [9.17, 15) is 9.59 Å². The van der Waals surface area contributed by atoms with Crippen LogP contribution < -0.4 is 4.74 Å². The van der Waals surface area contributed by atoms with Crippen molar-refractivity contribution in [3.05, 3.63) is 70.8 Å². The minimum atomic E-state index is -0.541. The topological polar surface area (TPSA) is 52.6 Å². The zero-order valence-electron chi connectivity index (χ0n) is 12.5. The first-order valence-corrected chi connectivity index (χ1v) is 7.39. The van der Waals surface area contributed by atoms with Gasteiger partial charge < -0.3 is 9.47 Å². The maximum Gasteiger partial charge on any atom is 0.338 e. The van der Waals surface area contributed by atoms with Crippen LogP contribution in [0.1, 0.15) is 22.8 Å². The fraction of sp³-hybridized carbons (Fsp3) is 0.111. The van der Waals surface area contributed by atoms with E-state index < -0.39 is 11.9 Å². The van der Waals surface area contributed by atoms with E-state index in [1.54, 1.807) is 55.5 Å². The summed E-state index contributed by atoms with van der Waals surface area (Å²) in [5.41, 5.74) is 1.16. The predicted molar refractivity (Wildman–Crippen MR) is 88.5 cm³/mol. The lowest BCUT2D eigenvalue weighted by molar-refractivity contribution is -0.128. The Morgan fingerprint density at radius 2 is 1.87 bits per heavy atom. The van der Waals surface area contributed by atoms with Crippen molar-refractivity contribution in [3.63, 3.8) is 0 Å². The van der Waals surface area contributed by atoms with Crippen LogP contribution in [0.4, 0.5) is 0 Å². The maximum atomic E-state index is 11.8. The van der Waals surface area contributed by atoms with E-state index in [1.807, 2.05) is 0 Å². The van der Waals surface area contributed by atoms with Gasteiger partial charge in [-0.05, 0) is 48.9 Å². The molecule has 0 aliphatic heterocycles. The molecule has 0 aliphatic carbocycles. The van der Waals surface area contributed by atoms with Crippen molar-refractivity contribution in [3.8, 4) is 5.75 Å². The summed E-state index contributed by atoms with van der Waals surface area (Å²) in [4.78, 5) is 23.4. The van der Waals surface area contributed by atoms with E-state index >= 15 is 0 Å². The van der Waals surface area contributed by atoms with Crippen LogP contribution in [-0.4, -0.2) is 18.5 Å². The molecule has 0 amide bonds. The van der Waals surface area contributed by atoms with E-state index in [-0.39, 0.29) is 12.4 Å². The Hall–Kier alpha value is -2.59. The Morgan fingerprint density at radius 1 is 1.13 bits per heavy atom. The lowest BCUT2D eigenvalue weighted by Gasteiger charge is -2.04. The fourth-order valence-corrected chi connectivity index (χ4v) is 1.92. The Balaban J connectivity index is 2.01. The monoisotopic (exact) mass is 330 g/mol. The number of carbonyl (C=O) groups excluding carboxylic acids is 2. The van der Waals surface area contributed by atoms with Crippen molar-refractivity contribution >= 4 is 29.6 Å². The van der Waals surface area contributed by atoms with Crippen molar-refractivity contribution in [2.24, 2.45) is 0 Å². The molecule has 0 saturated heterocycles. The highest BCUT2D eigenvalue weighted by atomic mass is 35.5. The van der Waals surface area contributed by atoms with Crippen molar-refractivity contribution in [1.29, 1.82) is 0 Å². The summed E-state index contributed by atoms with van der Waals surface area (Å²) >= 11 is 5.79. The van der Waals surface area contributed by atoms with Crippen molar-refractivity contribution in [2.75, 3.05) is 6.61 Å². The van der Waals surface area contributed by atoms with Crippen LogP contribution in [0.2, 0.25) is 5.02 Å². The number of carbonyl (C=O) groups is 2. The molecule has 0 saturated carbocycles. The number of ether oxygens (including phenoxy) is 2. The maximum absolute atomic E-state index is 11.8. The smallest absolute Gasteiger partial charge is 0.338 e. The van der Waals surface area contributed by atoms with Crippen molar-refractivity contribution in [2.45, 2.75) is 6.92 Å². The molecule has 0 radical (unpaired) electrons. The molecule has 0 aromatic heterocycles. The average Bonchev–Trinajstić information content (AvgIpc) is 2.55. The van der Waals surface area contributed by atoms with Gasteiger partial charge in [0.05, 0.1) is 12.2 Å². The number of halogens is 1. The van der Waals surface area contributed by atoms with Gasteiger partial charge in [0.1, 0.15) is 5.75 Å². The lowest BCUT2D eigenvalue weighted by Crippen LogP contribution is -2.07. The van der Waals surface area contributed by atoms with Gasteiger partial charge in [-0.15, -0.1) is 0 Å². The van der Waals surface area contributed by atoms with Crippen LogP contribution in [0, 0.1) is 0 Å². The predicted octanol–water partition coefficient (Wildman–Crippen LogP) is 4.14. The SMILES string of the molecule is CCOC(=O)c1cccc(OC(=O)/C=C/c2ccc(Cl)cc2)c1. The third kappa shape index (κ3) is 5.27. The first-order chi connectivity index (χ1) is 11.1. The normalized spacial score (nSPS) is 10.5. The zero-order valence-corrected chi connectivity index (χ0v) is 13.2. The Bertz CT molecular complexity index is 720. The molecule has 0 heterocycles. The molecule has 0 bridgehead atoms. The molecule has 0 fully saturated rings. The van der Waals surface area contributed by atoms with Crippen LogP contribution in [-0.2, 0) is 9.53 Å². The Morgan fingerprint density at radius 3 is 2.57 bits per heavy atom. The third-order valence-corrected chi connectivity index (χ3v) is 3.10. The Kier molecular flexibility index (Phi) is 5.94. The number of rotatable bonds is 5. The highest BCUT2D eigenvalue weighted by molar-refractivity contribution is 6.30. The van der Waals surface area contributed by atoms with Gasteiger partial charge in [-0.3, -0.25) is 0 Å². The van der Waals surface area contributed by atoms with Gasteiger partial charge in [0, 0.05) is 11.1 Å². The van der Waals surface area contributed by atoms with E-state index in [0.717, 1.165) is 5.56 Å². The van der Waals surface area contributed by atoms with Gasteiger partial charge in [-0.1, -0.05) is 29.8 Å². The van der Waals surface area contributed by atoms with Crippen LogP contribution in [0.3, 0.4) is 0 Å². The van der Waals surface area contributed by atoms with Gasteiger partial charge in [0.2, 0.25) is 0 Å². The van der Waals surface area contributed by atoms with E-state index in [4.69, 9.17) is 21.1 Å². The summed E-state index contributed by atoms with van der Waals surface area (Å²) in [6.07, 6.45) is 2.92. The number of hydrogen-bond donors (Lipinski definition) is 0. The molecule has 0 N–H and O–H groups in total. The Labute approximate surface area is 139 Å². The van der Waals surface area contributed by atoms with Crippen LogP contribution in [0.25, 0.3) is 6.08 Å². The standard InChI is InChI=1S/C18H15ClO4/c1-2-22-18(21)14-4-3-5-16(12-14)23-17(20)11-8-13-6-9-15(19)10-7-13/h3-12H,2H2,1H3/b11-8+. The molecule has 118 valence electrons. The summed E-state index contributed by atoms with van der Waals surface area (Å²) in [5, 5.41) is 0.625. The summed E-state index contributed by atoms with van der Waals surface area (Å²) in [6.45, 7) is 2.01. The second-order valence-corrected chi connectivity index (χ2v) is 4.99. The van der Waals surface area contributed by atoms with Crippen LogP contribution >= 0.6 is 11.6 Å². The molecule has 2 aromatic carbocycles. The summed E-state index contributed by atoms with van der Waals surface area (Å²) < 4.78 is 10.1. The first kappa shape index (κ1) is 16.8. The molecular weight excluding hydrogens is 316 g/mol. The highest BCUT2D eigenvalue weighted by Crippen LogP contribution is 2.15. The van der Waals surface area contributed by atoms with E-state index in [1.165, 1.54) is 12.1 Å². The quantitative estimate of drug-likeness (QED) is 0.470. The van der Waals surface area contributed by atoms with Crippen molar-refractivity contribution < 1.29 is 19.1 Å². The average molecular weight is 331 g/mol. The lowest BCUT2D eigenvalue weighted by atomic mass is 10.2. The molecule has 0 spiro atoms. The molecule has 0 aliphatic rings. The minimum absolute atomic E-state index is 0.279.